The molecule has 0 bridgehead atoms. The number of aromatic nitrogens is 2. The number of aryl methyl sites for hydroxylation is 2. The second-order valence-electron chi connectivity index (χ2n) is 6.27. The zero-order valence-corrected chi connectivity index (χ0v) is 14.2. The van der Waals surface area contributed by atoms with E-state index in [1.807, 2.05) is 18.2 Å². The molecule has 1 saturated heterocycles. The molecule has 3 rings (SSSR count). The van der Waals surface area contributed by atoms with Crippen molar-refractivity contribution in [1.29, 1.82) is 0 Å². The second-order valence-corrected chi connectivity index (χ2v) is 8.16. The molecule has 0 spiro atoms. The normalized spacial score (nSPS) is 19.8. The molecule has 6 heteroatoms. The third-order valence-electron chi connectivity index (χ3n) is 4.45. The van der Waals surface area contributed by atoms with Crippen molar-refractivity contribution in [3.63, 3.8) is 0 Å². The molecule has 0 amide bonds. The van der Waals surface area contributed by atoms with Gasteiger partial charge < -0.3 is 4.57 Å². The summed E-state index contributed by atoms with van der Waals surface area (Å²) in [5.74, 6) is 0.419. The van der Waals surface area contributed by atoms with Crippen molar-refractivity contribution in [2.24, 2.45) is 13.0 Å². The van der Waals surface area contributed by atoms with Crippen LogP contribution in [0.5, 0.6) is 0 Å². The Morgan fingerprint density at radius 2 is 2.04 bits per heavy atom. The van der Waals surface area contributed by atoms with Gasteiger partial charge in [-0.05, 0) is 37.2 Å². The summed E-state index contributed by atoms with van der Waals surface area (Å²) >= 11 is 0. The maximum atomic E-state index is 12.7. The maximum absolute atomic E-state index is 12.7. The van der Waals surface area contributed by atoms with Gasteiger partial charge in [-0.1, -0.05) is 30.3 Å². The maximum Gasteiger partial charge on any atom is 0.262 e. The molecule has 1 aliphatic heterocycles. The average molecular weight is 333 g/mol. The van der Waals surface area contributed by atoms with Gasteiger partial charge in [0.25, 0.3) is 10.0 Å². The molecule has 0 saturated carbocycles. The van der Waals surface area contributed by atoms with Crippen LogP contribution in [0.2, 0.25) is 0 Å². The highest BCUT2D eigenvalue weighted by atomic mass is 32.2. The fourth-order valence-corrected chi connectivity index (χ4v) is 4.67. The minimum Gasteiger partial charge on any atom is -0.339 e. The monoisotopic (exact) mass is 333 g/mol. The molecule has 1 unspecified atom stereocenters. The SMILES string of the molecule is Cn1cnc(S(=O)(=O)N2CCCC(CCc3ccccc3)C2)c1. The Bertz CT molecular complexity index is 740. The summed E-state index contributed by atoms with van der Waals surface area (Å²) in [4.78, 5) is 4.01. The molecule has 2 aromatic rings. The van der Waals surface area contributed by atoms with E-state index in [4.69, 9.17) is 0 Å². The van der Waals surface area contributed by atoms with E-state index in [9.17, 15) is 8.42 Å². The summed E-state index contributed by atoms with van der Waals surface area (Å²) in [6, 6.07) is 10.4. The van der Waals surface area contributed by atoms with Crippen molar-refractivity contribution in [2.45, 2.75) is 30.7 Å². The largest absolute Gasteiger partial charge is 0.339 e. The van der Waals surface area contributed by atoms with Crippen LogP contribution in [0.1, 0.15) is 24.8 Å². The lowest BCUT2D eigenvalue weighted by molar-refractivity contribution is 0.255. The fourth-order valence-electron chi connectivity index (χ4n) is 3.15. The lowest BCUT2D eigenvalue weighted by atomic mass is 9.93. The number of nitrogens with zero attached hydrogens (tertiary/aromatic N) is 3. The average Bonchev–Trinajstić information content (AvgIpc) is 3.01. The van der Waals surface area contributed by atoms with Crippen LogP contribution in [0, 0.1) is 5.92 Å². The Morgan fingerprint density at radius 3 is 2.74 bits per heavy atom. The van der Waals surface area contributed by atoms with Gasteiger partial charge in [-0.15, -0.1) is 0 Å². The molecule has 1 aliphatic rings. The molecule has 0 N–H and O–H groups in total. The number of hydrogen-bond acceptors (Lipinski definition) is 3. The quantitative estimate of drug-likeness (QED) is 0.844. The van der Waals surface area contributed by atoms with Gasteiger partial charge in [-0.25, -0.2) is 13.4 Å². The Balaban J connectivity index is 1.64. The van der Waals surface area contributed by atoms with Crippen LogP contribution < -0.4 is 0 Å². The number of rotatable bonds is 5. The molecule has 1 aromatic carbocycles. The zero-order chi connectivity index (χ0) is 16.3. The van der Waals surface area contributed by atoms with E-state index in [-0.39, 0.29) is 5.03 Å². The number of imidazole rings is 1. The third-order valence-corrected chi connectivity index (χ3v) is 6.20. The summed E-state index contributed by atoms with van der Waals surface area (Å²) < 4.78 is 28.6. The van der Waals surface area contributed by atoms with Gasteiger partial charge in [0.2, 0.25) is 0 Å². The minimum absolute atomic E-state index is 0.156. The first-order valence-electron chi connectivity index (χ1n) is 8.08. The van der Waals surface area contributed by atoms with Crippen LogP contribution in [0.25, 0.3) is 0 Å². The summed E-state index contributed by atoms with van der Waals surface area (Å²) in [5, 5.41) is 0.156. The van der Waals surface area contributed by atoms with Gasteiger partial charge in [0.15, 0.2) is 5.03 Å². The summed E-state index contributed by atoms with van der Waals surface area (Å²) in [7, 11) is -1.67. The lowest BCUT2D eigenvalue weighted by Crippen LogP contribution is -2.40. The van der Waals surface area contributed by atoms with E-state index in [0.717, 1.165) is 25.7 Å². The Kier molecular flexibility index (Phi) is 4.82. The van der Waals surface area contributed by atoms with Crippen molar-refractivity contribution < 1.29 is 8.42 Å². The van der Waals surface area contributed by atoms with Crippen molar-refractivity contribution in [3.05, 3.63) is 48.4 Å². The molecule has 2 heterocycles. The predicted molar refractivity (Wildman–Crippen MR) is 89.5 cm³/mol. The molecule has 124 valence electrons. The van der Waals surface area contributed by atoms with Crippen LogP contribution in [-0.4, -0.2) is 35.4 Å². The van der Waals surface area contributed by atoms with Gasteiger partial charge in [0.1, 0.15) is 0 Å². The molecule has 23 heavy (non-hydrogen) atoms. The number of hydrogen-bond donors (Lipinski definition) is 0. The topological polar surface area (TPSA) is 55.2 Å². The van der Waals surface area contributed by atoms with Gasteiger partial charge >= 0.3 is 0 Å². The van der Waals surface area contributed by atoms with E-state index >= 15 is 0 Å². The molecule has 5 nitrogen and oxygen atoms in total. The highest BCUT2D eigenvalue weighted by molar-refractivity contribution is 7.89. The standard InChI is InChI=1S/C17H23N3O2S/c1-19-13-17(18-14-19)23(21,22)20-11-5-8-16(12-20)10-9-15-6-3-2-4-7-15/h2-4,6-7,13-14,16H,5,8-12H2,1H3. The molecule has 0 aliphatic carbocycles. The lowest BCUT2D eigenvalue weighted by Gasteiger charge is -2.31. The van der Waals surface area contributed by atoms with Crippen molar-refractivity contribution in [1.82, 2.24) is 13.9 Å². The summed E-state index contributed by atoms with van der Waals surface area (Å²) in [6.45, 7) is 1.20. The zero-order valence-electron chi connectivity index (χ0n) is 13.4. The van der Waals surface area contributed by atoms with E-state index < -0.39 is 10.0 Å². The van der Waals surface area contributed by atoms with Crippen LogP contribution >= 0.6 is 0 Å². The van der Waals surface area contributed by atoms with Crippen molar-refractivity contribution in [3.8, 4) is 0 Å². The predicted octanol–water partition coefficient (Wildman–Crippen LogP) is 2.45. The van der Waals surface area contributed by atoms with Crippen LogP contribution in [0.4, 0.5) is 0 Å². The second kappa shape index (κ2) is 6.84. The first-order valence-corrected chi connectivity index (χ1v) is 9.52. The van der Waals surface area contributed by atoms with Crippen molar-refractivity contribution in [2.75, 3.05) is 13.1 Å². The highest BCUT2D eigenvalue weighted by Crippen LogP contribution is 2.25. The molecule has 1 aromatic heterocycles. The number of benzene rings is 1. The van der Waals surface area contributed by atoms with Gasteiger partial charge in [0.05, 0.1) is 6.33 Å². The summed E-state index contributed by atoms with van der Waals surface area (Å²) in [5.41, 5.74) is 1.32. The Labute approximate surface area is 138 Å². The first kappa shape index (κ1) is 16.2. The van der Waals surface area contributed by atoms with Gasteiger partial charge in [-0.3, -0.25) is 0 Å². The van der Waals surface area contributed by atoms with E-state index in [0.29, 0.717) is 19.0 Å². The fraction of sp³-hybridized carbons (Fsp3) is 0.471. The molecular weight excluding hydrogens is 310 g/mol. The number of sulfonamides is 1. The number of piperidine rings is 1. The van der Waals surface area contributed by atoms with Crippen LogP contribution in [0.3, 0.4) is 0 Å². The molecular formula is C17H23N3O2S. The smallest absolute Gasteiger partial charge is 0.262 e. The van der Waals surface area contributed by atoms with Crippen molar-refractivity contribution >= 4 is 10.0 Å². The van der Waals surface area contributed by atoms with Crippen LogP contribution in [0.15, 0.2) is 47.9 Å². The third kappa shape index (κ3) is 3.82. The van der Waals surface area contributed by atoms with Gasteiger partial charge in [0, 0.05) is 26.3 Å². The van der Waals surface area contributed by atoms with Gasteiger partial charge in [-0.2, -0.15) is 4.31 Å². The highest BCUT2D eigenvalue weighted by Gasteiger charge is 2.31. The first-order chi connectivity index (χ1) is 11.1. The molecule has 0 radical (unpaired) electrons. The van der Waals surface area contributed by atoms with E-state index in [1.165, 1.54) is 11.9 Å². The molecule has 1 fully saturated rings. The minimum atomic E-state index is -3.46. The Hall–Kier alpha value is -1.66. The van der Waals surface area contributed by atoms with E-state index in [2.05, 4.69) is 17.1 Å². The Morgan fingerprint density at radius 1 is 1.26 bits per heavy atom. The van der Waals surface area contributed by atoms with Crippen LogP contribution in [-0.2, 0) is 23.5 Å². The molecule has 1 atom stereocenters. The summed E-state index contributed by atoms with van der Waals surface area (Å²) in [6.07, 6.45) is 7.15. The van der Waals surface area contributed by atoms with E-state index in [1.54, 1.807) is 22.1 Å².